The first kappa shape index (κ1) is 143. The summed E-state index contributed by atoms with van der Waals surface area (Å²) >= 11 is 0. The van der Waals surface area contributed by atoms with Crippen molar-refractivity contribution in [2.45, 2.75) is 0 Å². The van der Waals surface area contributed by atoms with Crippen LogP contribution in [0, 0.1) is 15.3 Å². The summed E-state index contributed by atoms with van der Waals surface area (Å²) < 4.78 is 0. The van der Waals surface area contributed by atoms with Gasteiger partial charge in [-0.2, -0.15) is 0 Å². The van der Waals surface area contributed by atoms with E-state index in [0.29, 0.717) is 0 Å². The summed E-state index contributed by atoms with van der Waals surface area (Å²) in [6, 6.07) is 0. The predicted octanol–water partition coefficient (Wildman–Crippen LogP) is -9.10. The monoisotopic (exact) mass is 203 g/mol. The van der Waals surface area contributed by atoms with E-state index < -0.39 is 5.09 Å². The maximum Gasteiger partial charge on any atom is 1.00 e. The van der Waals surface area contributed by atoms with Crippen LogP contribution < -0.4 is 18.9 Å². The maximum atomic E-state index is 8.25. The quantitative estimate of drug-likeness (QED) is 0.211. The third-order valence-electron chi connectivity index (χ3n) is 0. The van der Waals surface area contributed by atoms with Crippen molar-refractivity contribution in [1.29, 1.82) is 0 Å². The van der Waals surface area contributed by atoms with Crippen molar-refractivity contribution < 1.29 is 56.8 Å². The molecule has 0 heterocycles. The van der Waals surface area contributed by atoms with Gasteiger partial charge in [0.15, 0.2) is 0 Å². The summed E-state index contributed by atoms with van der Waals surface area (Å²) in [4.78, 5) is 8.25. The van der Waals surface area contributed by atoms with Crippen molar-refractivity contribution in [2.24, 2.45) is 0 Å². The molecule has 0 fully saturated rings. The molecule has 0 aliphatic heterocycles. The molecular weight excluding hydrogens is 189 g/mol. The first-order valence-corrected chi connectivity index (χ1v) is 0.548. The van der Waals surface area contributed by atoms with Crippen LogP contribution in [-0.4, -0.2) is 61.0 Å². The fraction of sp³-hybridized carbons (Fsp3) is 0. The van der Waals surface area contributed by atoms with Crippen molar-refractivity contribution in [3.8, 4) is 0 Å². The Bertz CT molecular complexity index is 37.5. The van der Waals surface area contributed by atoms with Crippen LogP contribution in [0.4, 0.5) is 0 Å². The van der Waals surface area contributed by atoms with Crippen LogP contribution in [-0.2, 0) is 0 Å². The fourth-order valence-electron chi connectivity index (χ4n) is 0. The summed E-state index contributed by atoms with van der Waals surface area (Å²) in [6.07, 6.45) is 0. The molecule has 0 amide bonds. The molecule has 0 atom stereocenters. The Labute approximate surface area is 95.2 Å². The van der Waals surface area contributed by atoms with Gasteiger partial charge < -0.3 is 48.2 Å². The van der Waals surface area contributed by atoms with Crippen molar-refractivity contribution >= 4 is 23.1 Å². The van der Waals surface area contributed by atoms with Crippen LogP contribution in [0.5, 0.6) is 0 Å². The molecule has 10 nitrogen and oxygen atoms in total. The second-order valence-corrected chi connectivity index (χ2v) is 0.224. The Morgan fingerprint density at radius 3 is 0.750 bits per heavy atom. The average molecular weight is 203 g/mol. The first-order chi connectivity index (χ1) is 1.73. The van der Waals surface area contributed by atoms with Gasteiger partial charge in [0.05, 0.1) is 5.09 Å². The molecule has 0 aromatic carbocycles. The van der Waals surface area contributed by atoms with Crippen LogP contribution >= 0.6 is 0 Å². The van der Waals surface area contributed by atoms with Crippen molar-refractivity contribution in [1.82, 2.24) is 0 Å². The second kappa shape index (κ2) is 109. The van der Waals surface area contributed by atoms with Gasteiger partial charge in [0.25, 0.3) is 0 Å². The van der Waals surface area contributed by atoms with Gasteiger partial charge in [-0.1, -0.05) is 0 Å². The van der Waals surface area contributed by atoms with E-state index in [1.165, 1.54) is 0 Å². The van der Waals surface area contributed by atoms with E-state index in [1.54, 1.807) is 0 Å². The minimum absolute atomic E-state index is 0. The zero-order valence-electron chi connectivity index (χ0n) is 5.67. The molecule has 0 bridgehead atoms. The van der Waals surface area contributed by atoms with Crippen LogP contribution in [0.3, 0.4) is 0 Å². The van der Waals surface area contributed by atoms with Gasteiger partial charge in [-0.15, -0.1) is 0 Å². The van der Waals surface area contributed by atoms with Gasteiger partial charge in [0.2, 0.25) is 0 Å². The Morgan fingerprint density at radius 1 is 0.750 bits per heavy atom. The Balaban J connectivity index is -0.00000000161. The van der Waals surface area contributed by atoms with Gasteiger partial charge in [-0.3, -0.25) is 0 Å². The van der Waals surface area contributed by atoms with Gasteiger partial charge >= 0.3 is 41.9 Å². The first-order valence-electron chi connectivity index (χ1n) is 0.548. The molecule has 0 aliphatic rings. The third kappa shape index (κ3) is 8570. The van der Waals surface area contributed by atoms with Crippen LogP contribution in [0.25, 0.3) is 0 Å². The fourth-order valence-corrected chi connectivity index (χ4v) is 0. The maximum absolute atomic E-state index is 8.25. The molecule has 76 valence electrons. The number of nitrogens with zero attached hydrogens (tertiary/aromatic N) is 1. The van der Waals surface area contributed by atoms with Crippen molar-refractivity contribution in [2.75, 3.05) is 0 Å². The topological polar surface area (TPSA) is 255 Å². The van der Waals surface area contributed by atoms with E-state index in [-0.39, 0.29) is 74.8 Å². The van der Waals surface area contributed by atoms with Gasteiger partial charge in [-0.05, 0) is 0 Å². The molecule has 12 heteroatoms. The molecule has 0 aromatic heterocycles. The second-order valence-electron chi connectivity index (χ2n) is 0.224. The molecule has 0 aliphatic carbocycles. The SMILES string of the molecule is O.O.O.O.O.O.O=[N+]([O-])[O-].[Li+].[MgH2]. The standard InChI is InChI=1S/Li.Mg.NO3.6H2O.2H/c;;2-1(3)4;;;;;;;;/h;;;6*1H2;;/q+1;;-1;;;;;;;;. The molecule has 0 aromatic rings. The van der Waals surface area contributed by atoms with E-state index in [0.717, 1.165) is 0 Å². The summed E-state index contributed by atoms with van der Waals surface area (Å²) in [5, 5.41) is 14.8. The van der Waals surface area contributed by atoms with Crippen molar-refractivity contribution in [3.63, 3.8) is 0 Å². The largest absolute Gasteiger partial charge is 1.00 e. The normalized spacial score (nSPS) is 2.00. The Hall–Kier alpha value is 0.324. The Morgan fingerprint density at radius 2 is 0.750 bits per heavy atom. The van der Waals surface area contributed by atoms with Crippen LogP contribution in [0.2, 0.25) is 0 Å². The average Bonchev–Trinajstić information content (AvgIpc) is 0.811. The van der Waals surface area contributed by atoms with E-state index in [9.17, 15) is 0 Å². The van der Waals surface area contributed by atoms with Crippen LogP contribution in [0.15, 0.2) is 0 Å². The van der Waals surface area contributed by atoms with E-state index >= 15 is 0 Å². The predicted molar refractivity (Wildman–Crippen MR) is 40.6 cm³/mol. The van der Waals surface area contributed by atoms with Crippen molar-refractivity contribution in [3.05, 3.63) is 15.3 Å². The minimum Gasteiger partial charge on any atom is -0.412 e. The van der Waals surface area contributed by atoms with E-state index in [4.69, 9.17) is 15.3 Å². The summed E-state index contributed by atoms with van der Waals surface area (Å²) in [5.74, 6) is 0. The molecule has 12 N–H and O–H groups in total. The molecular formula is H14LiMgNO9. The zero-order valence-corrected chi connectivity index (χ0v) is 5.67. The number of hydrogen-bond donors (Lipinski definition) is 0. The molecule has 0 unspecified atom stereocenters. The molecule has 0 saturated heterocycles. The summed E-state index contributed by atoms with van der Waals surface area (Å²) in [5.41, 5.74) is 0. The summed E-state index contributed by atoms with van der Waals surface area (Å²) in [7, 11) is 0. The van der Waals surface area contributed by atoms with Gasteiger partial charge in [-0.25, -0.2) is 0 Å². The Kier molecular flexibility index (Phi) is 1300. The van der Waals surface area contributed by atoms with Gasteiger partial charge in [0, 0.05) is 0 Å². The van der Waals surface area contributed by atoms with E-state index in [2.05, 4.69) is 0 Å². The van der Waals surface area contributed by atoms with Crippen LogP contribution in [0.1, 0.15) is 0 Å². The molecule has 12 heavy (non-hydrogen) atoms. The molecule has 0 saturated carbocycles. The molecule has 0 spiro atoms. The molecule has 0 radical (unpaired) electrons. The molecule has 0 rings (SSSR count). The van der Waals surface area contributed by atoms with Gasteiger partial charge in [0.1, 0.15) is 0 Å². The summed E-state index contributed by atoms with van der Waals surface area (Å²) in [6.45, 7) is 0. The third-order valence-corrected chi connectivity index (χ3v) is 0. The zero-order chi connectivity index (χ0) is 3.58. The smallest absolute Gasteiger partial charge is 0.412 e. The minimum atomic E-state index is -1.75. The van der Waals surface area contributed by atoms with E-state index in [1.807, 2.05) is 0 Å². The number of rotatable bonds is 0. The number of hydrogen-bond acceptors (Lipinski definition) is 3.